The Balaban J connectivity index is 2.04. The van der Waals surface area contributed by atoms with Crippen molar-refractivity contribution in [2.45, 2.75) is 13.2 Å². The lowest BCUT2D eigenvalue weighted by atomic mass is 10.1. The van der Waals surface area contributed by atoms with Crippen LogP contribution in [0.4, 0.5) is 4.39 Å². The lowest BCUT2D eigenvalue weighted by molar-refractivity contribution is 0.277. The maximum absolute atomic E-state index is 13.5. The Labute approximate surface area is 131 Å². The van der Waals surface area contributed by atoms with E-state index >= 15 is 0 Å². The molecule has 1 aromatic heterocycles. The minimum absolute atomic E-state index is 0.263. The topological polar surface area (TPSA) is 50.9 Å². The van der Waals surface area contributed by atoms with Crippen LogP contribution in [-0.4, -0.2) is 20.1 Å². The summed E-state index contributed by atoms with van der Waals surface area (Å²) < 4.78 is 15.1. The summed E-state index contributed by atoms with van der Waals surface area (Å²) in [6, 6.07) is 13.5. The first kappa shape index (κ1) is 14.7. The molecule has 0 aliphatic heterocycles. The number of aromatic nitrogens is 3. The minimum Gasteiger partial charge on any atom is -0.390 e. The second kappa shape index (κ2) is 6.25. The van der Waals surface area contributed by atoms with Gasteiger partial charge in [0.1, 0.15) is 11.5 Å². The number of hydrogen-bond donors (Lipinski definition) is 1. The molecule has 0 amide bonds. The number of aliphatic hydroxyl groups is 1. The molecule has 22 heavy (non-hydrogen) atoms. The molecule has 0 saturated carbocycles. The van der Waals surface area contributed by atoms with Crippen LogP contribution in [-0.2, 0) is 13.2 Å². The van der Waals surface area contributed by atoms with Crippen LogP contribution in [0.2, 0.25) is 5.02 Å². The van der Waals surface area contributed by atoms with E-state index in [0.717, 1.165) is 5.56 Å². The fourth-order valence-corrected chi connectivity index (χ4v) is 2.54. The van der Waals surface area contributed by atoms with Crippen LogP contribution in [0, 0.1) is 5.82 Å². The van der Waals surface area contributed by atoms with Crippen molar-refractivity contribution in [3.05, 3.63) is 70.6 Å². The van der Waals surface area contributed by atoms with Crippen LogP contribution >= 0.6 is 11.6 Å². The fraction of sp³-hybridized carbons (Fsp3) is 0.125. The van der Waals surface area contributed by atoms with Gasteiger partial charge in [-0.05, 0) is 29.8 Å². The van der Waals surface area contributed by atoms with Crippen molar-refractivity contribution >= 4 is 11.6 Å². The van der Waals surface area contributed by atoms with Gasteiger partial charge in [0.25, 0.3) is 0 Å². The third-order valence-corrected chi connectivity index (χ3v) is 3.51. The molecule has 0 aliphatic rings. The van der Waals surface area contributed by atoms with E-state index in [1.807, 2.05) is 18.2 Å². The molecule has 1 heterocycles. The van der Waals surface area contributed by atoms with E-state index in [1.165, 1.54) is 12.1 Å². The lowest BCUT2D eigenvalue weighted by Gasteiger charge is -2.08. The highest BCUT2D eigenvalue weighted by atomic mass is 35.5. The molecule has 3 aromatic rings. The third-order valence-electron chi connectivity index (χ3n) is 3.27. The van der Waals surface area contributed by atoms with Gasteiger partial charge in [0.05, 0.1) is 18.8 Å². The molecule has 0 unspecified atom stereocenters. The molecule has 0 radical (unpaired) electrons. The number of aliphatic hydroxyl groups excluding tert-OH is 1. The van der Waals surface area contributed by atoms with Crippen LogP contribution in [0.1, 0.15) is 11.3 Å². The quantitative estimate of drug-likeness (QED) is 0.803. The highest BCUT2D eigenvalue weighted by molar-refractivity contribution is 6.30. The molecule has 1 N–H and O–H groups in total. The fourth-order valence-electron chi connectivity index (χ4n) is 2.33. The zero-order valence-corrected chi connectivity index (χ0v) is 12.3. The van der Waals surface area contributed by atoms with Crippen LogP contribution in [0.15, 0.2) is 48.5 Å². The molecule has 6 heteroatoms. The van der Waals surface area contributed by atoms with Crippen molar-refractivity contribution in [3.63, 3.8) is 0 Å². The van der Waals surface area contributed by atoms with E-state index in [9.17, 15) is 9.50 Å². The Morgan fingerprint density at radius 1 is 1.14 bits per heavy atom. The Morgan fingerprint density at radius 3 is 2.68 bits per heavy atom. The molecule has 3 rings (SSSR count). The minimum atomic E-state index is -0.350. The zero-order valence-electron chi connectivity index (χ0n) is 11.6. The van der Waals surface area contributed by atoms with Crippen LogP contribution in [0.5, 0.6) is 0 Å². The predicted octanol–water partition coefficient (Wildman–Crippen LogP) is 3.28. The van der Waals surface area contributed by atoms with Gasteiger partial charge in [0.2, 0.25) is 0 Å². The smallest absolute Gasteiger partial charge is 0.123 e. The van der Waals surface area contributed by atoms with Gasteiger partial charge in [-0.25, -0.2) is 9.07 Å². The van der Waals surface area contributed by atoms with Gasteiger partial charge in [0.15, 0.2) is 0 Å². The first-order chi connectivity index (χ1) is 10.7. The third kappa shape index (κ3) is 3.00. The monoisotopic (exact) mass is 317 g/mol. The molecule has 0 atom stereocenters. The Hall–Kier alpha value is -2.24. The predicted molar refractivity (Wildman–Crippen MR) is 81.9 cm³/mol. The summed E-state index contributed by atoms with van der Waals surface area (Å²) >= 11 is 5.99. The standard InChI is InChI=1S/C16H13ClFN3O/c17-13-5-1-3-11(7-13)9-21-16(15(10-22)19-20-21)12-4-2-6-14(18)8-12/h1-8,22H,9-10H2. The van der Waals surface area contributed by atoms with Crippen molar-refractivity contribution in [2.75, 3.05) is 0 Å². The maximum Gasteiger partial charge on any atom is 0.123 e. The van der Waals surface area contributed by atoms with Crippen molar-refractivity contribution in [1.82, 2.24) is 15.0 Å². The van der Waals surface area contributed by atoms with Gasteiger partial charge in [-0.3, -0.25) is 0 Å². The number of halogens is 2. The van der Waals surface area contributed by atoms with Gasteiger partial charge in [-0.15, -0.1) is 5.10 Å². The summed E-state index contributed by atoms with van der Waals surface area (Å²) in [7, 11) is 0. The van der Waals surface area contributed by atoms with Crippen molar-refractivity contribution in [2.24, 2.45) is 0 Å². The highest BCUT2D eigenvalue weighted by Gasteiger charge is 2.15. The number of nitrogens with zero attached hydrogens (tertiary/aromatic N) is 3. The van der Waals surface area contributed by atoms with Crippen LogP contribution in [0.25, 0.3) is 11.3 Å². The molecule has 0 aliphatic carbocycles. The molecule has 0 bridgehead atoms. The summed E-state index contributed by atoms with van der Waals surface area (Å²) in [6.45, 7) is 0.167. The van der Waals surface area contributed by atoms with E-state index in [4.69, 9.17) is 11.6 Å². The summed E-state index contributed by atoms with van der Waals surface area (Å²) in [4.78, 5) is 0. The largest absolute Gasteiger partial charge is 0.390 e. The molecule has 4 nitrogen and oxygen atoms in total. The van der Waals surface area contributed by atoms with Gasteiger partial charge in [-0.2, -0.15) is 0 Å². The lowest BCUT2D eigenvalue weighted by Crippen LogP contribution is -2.05. The van der Waals surface area contributed by atoms with Gasteiger partial charge >= 0.3 is 0 Å². The summed E-state index contributed by atoms with van der Waals surface area (Å²) in [5, 5.41) is 18.1. The summed E-state index contributed by atoms with van der Waals surface area (Å²) in [5.41, 5.74) is 2.57. The molecule has 0 fully saturated rings. The average Bonchev–Trinajstić information content (AvgIpc) is 2.90. The summed E-state index contributed by atoms with van der Waals surface area (Å²) in [6.07, 6.45) is 0. The van der Waals surface area contributed by atoms with Crippen molar-refractivity contribution in [1.29, 1.82) is 0 Å². The normalized spacial score (nSPS) is 10.9. The molecule has 0 saturated heterocycles. The van der Waals surface area contributed by atoms with E-state index in [0.29, 0.717) is 28.5 Å². The Kier molecular flexibility index (Phi) is 4.18. The van der Waals surface area contributed by atoms with E-state index < -0.39 is 0 Å². The van der Waals surface area contributed by atoms with Crippen LogP contribution in [0.3, 0.4) is 0 Å². The van der Waals surface area contributed by atoms with E-state index in [1.54, 1.807) is 22.9 Å². The van der Waals surface area contributed by atoms with Gasteiger partial charge in [0, 0.05) is 10.6 Å². The molecular formula is C16H13ClFN3O. The van der Waals surface area contributed by atoms with Crippen molar-refractivity contribution in [3.8, 4) is 11.3 Å². The zero-order chi connectivity index (χ0) is 15.5. The average molecular weight is 318 g/mol. The van der Waals surface area contributed by atoms with Crippen molar-refractivity contribution < 1.29 is 9.50 Å². The van der Waals surface area contributed by atoms with Crippen LogP contribution < -0.4 is 0 Å². The number of hydrogen-bond acceptors (Lipinski definition) is 3. The number of rotatable bonds is 4. The maximum atomic E-state index is 13.5. The first-order valence-corrected chi connectivity index (χ1v) is 7.09. The van der Waals surface area contributed by atoms with Gasteiger partial charge in [-0.1, -0.05) is 41.1 Å². The SMILES string of the molecule is OCc1nnn(Cc2cccc(Cl)c2)c1-c1cccc(F)c1. The molecule has 0 spiro atoms. The second-order valence-corrected chi connectivity index (χ2v) is 5.28. The highest BCUT2D eigenvalue weighted by Crippen LogP contribution is 2.24. The Morgan fingerprint density at radius 2 is 1.95 bits per heavy atom. The second-order valence-electron chi connectivity index (χ2n) is 4.84. The molecule has 2 aromatic carbocycles. The Bertz CT molecular complexity index is 804. The van der Waals surface area contributed by atoms with E-state index in [-0.39, 0.29) is 12.4 Å². The first-order valence-electron chi connectivity index (χ1n) is 6.71. The molecule has 112 valence electrons. The van der Waals surface area contributed by atoms with Gasteiger partial charge < -0.3 is 5.11 Å². The van der Waals surface area contributed by atoms with E-state index in [2.05, 4.69) is 10.3 Å². The molecular weight excluding hydrogens is 305 g/mol. The summed E-state index contributed by atoms with van der Waals surface area (Å²) in [5.74, 6) is -0.350. The number of benzene rings is 2.